The maximum atomic E-state index is 14.6. The van der Waals surface area contributed by atoms with Gasteiger partial charge < -0.3 is 4.57 Å². The Morgan fingerprint density at radius 3 is 2.73 bits per heavy atom. The number of imidazole rings is 1. The minimum absolute atomic E-state index is 0.0979. The van der Waals surface area contributed by atoms with Gasteiger partial charge in [0, 0.05) is 31.5 Å². The van der Waals surface area contributed by atoms with Crippen molar-refractivity contribution in [3.63, 3.8) is 0 Å². The van der Waals surface area contributed by atoms with Crippen LogP contribution in [0.2, 0.25) is 0 Å². The highest BCUT2D eigenvalue weighted by molar-refractivity contribution is 7.82. The Labute approximate surface area is 194 Å². The molecule has 6 rings (SSSR count). The van der Waals surface area contributed by atoms with E-state index in [1.807, 2.05) is 22.5 Å². The fraction of sp³-hybridized carbons (Fsp3) is 0.320. The Hall–Kier alpha value is -2.97. The lowest BCUT2D eigenvalue weighted by Crippen LogP contribution is -2.36. The van der Waals surface area contributed by atoms with Crippen molar-refractivity contribution in [2.75, 3.05) is 13.1 Å². The van der Waals surface area contributed by atoms with Gasteiger partial charge >= 0.3 is 0 Å². The number of fused-ring (bicyclic) bond motifs is 2. The summed E-state index contributed by atoms with van der Waals surface area (Å²) in [6.45, 7) is 1.39. The Bertz CT molecular complexity index is 1360. The molecule has 0 spiro atoms. The summed E-state index contributed by atoms with van der Waals surface area (Å²) in [5.74, 6) is 0.172. The van der Waals surface area contributed by atoms with E-state index in [0.29, 0.717) is 24.5 Å². The van der Waals surface area contributed by atoms with Crippen molar-refractivity contribution in [1.82, 2.24) is 23.8 Å². The van der Waals surface area contributed by atoms with Crippen molar-refractivity contribution in [2.24, 2.45) is 0 Å². The average Bonchev–Trinajstić information content (AvgIpc) is 3.48. The van der Waals surface area contributed by atoms with Gasteiger partial charge in [-0.3, -0.25) is 4.98 Å². The summed E-state index contributed by atoms with van der Waals surface area (Å²) in [6, 6.07) is 11.8. The molecule has 8 heteroatoms. The molecule has 1 aromatic carbocycles. The predicted molar refractivity (Wildman–Crippen MR) is 125 cm³/mol. The number of rotatable bonds is 4. The van der Waals surface area contributed by atoms with Crippen molar-refractivity contribution in [1.29, 1.82) is 0 Å². The molecule has 168 valence electrons. The molecule has 0 bridgehead atoms. The van der Waals surface area contributed by atoms with E-state index in [1.165, 1.54) is 23.7 Å². The molecule has 4 aromatic rings. The third kappa shape index (κ3) is 3.67. The highest BCUT2D eigenvalue weighted by atomic mass is 32.2. The smallest absolute Gasteiger partial charge is 0.160 e. The van der Waals surface area contributed by atoms with Gasteiger partial charge in [0.15, 0.2) is 11.5 Å². The van der Waals surface area contributed by atoms with Crippen LogP contribution in [0.4, 0.5) is 4.39 Å². The maximum Gasteiger partial charge on any atom is 0.160 e. The molecule has 1 aliphatic carbocycles. The molecule has 1 fully saturated rings. The number of halogens is 1. The molecule has 4 heterocycles. The number of pyridine rings is 2. The van der Waals surface area contributed by atoms with Crippen LogP contribution in [0.1, 0.15) is 36.4 Å². The largest absolute Gasteiger partial charge is 0.305 e. The van der Waals surface area contributed by atoms with Crippen molar-refractivity contribution in [3.8, 4) is 11.4 Å². The summed E-state index contributed by atoms with van der Waals surface area (Å²) in [7, 11) is -1.17. The van der Waals surface area contributed by atoms with E-state index in [4.69, 9.17) is 4.98 Å². The van der Waals surface area contributed by atoms with Crippen LogP contribution in [-0.2, 0) is 23.8 Å². The van der Waals surface area contributed by atoms with Gasteiger partial charge in [-0.05, 0) is 73.6 Å². The van der Waals surface area contributed by atoms with Gasteiger partial charge in [-0.2, -0.15) is 0 Å². The van der Waals surface area contributed by atoms with Crippen LogP contribution in [0.25, 0.3) is 22.6 Å². The van der Waals surface area contributed by atoms with Crippen LogP contribution in [0.5, 0.6) is 0 Å². The van der Waals surface area contributed by atoms with Gasteiger partial charge in [0.25, 0.3) is 0 Å². The summed E-state index contributed by atoms with van der Waals surface area (Å²) in [5, 5.41) is 0. The number of aromatic nitrogens is 4. The lowest BCUT2D eigenvalue weighted by Gasteiger charge is -2.32. The van der Waals surface area contributed by atoms with E-state index in [9.17, 15) is 8.60 Å². The summed E-state index contributed by atoms with van der Waals surface area (Å²) in [4.78, 5) is 14.0. The van der Waals surface area contributed by atoms with Crippen LogP contribution in [-0.4, -0.2) is 41.1 Å². The Kier molecular flexibility index (Phi) is 5.27. The number of aryl methyl sites for hydroxylation is 2. The number of nitrogens with zero attached hydrogens (tertiary/aromatic N) is 5. The molecule has 0 N–H and O–H groups in total. The second-order valence-corrected chi connectivity index (χ2v) is 10.2. The minimum atomic E-state index is -1.17. The predicted octanol–water partition coefficient (Wildman–Crippen LogP) is 4.48. The second kappa shape index (κ2) is 8.43. The lowest BCUT2D eigenvalue weighted by atomic mass is 10.1. The van der Waals surface area contributed by atoms with Crippen molar-refractivity contribution in [2.45, 2.75) is 43.0 Å². The van der Waals surface area contributed by atoms with Crippen LogP contribution in [0.3, 0.4) is 0 Å². The first-order chi connectivity index (χ1) is 16.2. The molecule has 0 saturated carbocycles. The van der Waals surface area contributed by atoms with Crippen LogP contribution >= 0.6 is 0 Å². The van der Waals surface area contributed by atoms with Crippen LogP contribution in [0, 0.1) is 5.82 Å². The Morgan fingerprint density at radius 2 is 1.88 bits per heavy atom. The Balaban J connectivity index is 1.28. The lowest BCUT2D eigenvalue weighted by molar-refractivity contribution is 0.287. The van der Waals surface area contributed by atoms with Crippen LogP contribution < -0.4 is 0 Å². The zero-order valence-electron chi connectivity index (χ0n) is 18.2. The molecule has 3 aromatic heterocycles. The third-order valence-electron chi connectivity index (χ3n) is 6.76. The van der Waals surface area contributed by atoms with Crippen molar-refractivity contribution in [3.05, 3.63) is 71.9 Å². The summed E-state index contributed by atoms with van der Waals surface area (Å²) in [6.07, 6.45) is 9.51. The SMILES string of the molecule is O=S(c1ccc2c(c1)CCC2)N1CCC(n2c(-c3ccncc3F)nc3cccnc32)CC1. The second-order valence-electron chi connectivity index (χ2n) is 8.70. The van der Waals surface area contributed by atoms with Gasteiger partial charge in [-0.15, -0.1) is 0 Å². The van der Waals surface area contributed by atoms with E-state index < -0.39 is 16.8 Å². The normalized spacial score (nSPS) is 18.0. The Morgan fingerprint density at radius 1 is 1.03 bits per heavy atom. The first-order valence-corrected chi connectivity index (χ1v) is 12.5. The highest BCUT2D eigenvalue weighted by Crippen LogP contribution is 2.34. The van der Waals surface area contributed by atoms with E-state index in [0.717, 1.165) is 41.7 Å². The molecule has 1 atom stereocenters. The zero-order valence-corrected chi connectivity index (χ0v) is 19.0. The van der Waals surface area contributed by atoms with Gasteiger partial charge in [0.1, 0.15) is 22.3 Å². The molecule has 33 heavy (non-hydrogen) atoms. The van der Waals surface area contributed by atoms with E-state index >= 15 is 0 Å². The molecule has 0 radical (unpaired) electrons. The molecule has 0 amide bonds. The van der Waals surface area contributed by atoms with E-state index in [2.05, 4.69) is 26.7 Å². The monoisotopic (exact) mass is 461 g/mol. The first-order valence-electron chi connectivity index (χ1n) is 11.4. The first kappa shape index (κ1) is 20.6. The molecule has 1 aliphatic heterocycles. The van der Waals surface area contributed by atoms with Crippen molar-refractivity contribution < 1.29 is 8.60 Å². The van der Waals surface area contributed by atoms with Crippen molar-refractivity contribution >= 4 is 22.1 Å². The fourth-order valence-electron chi connectivity index (χ4n) is 5.09. The zero-order chi connectivity index (χ0) is 22.4. The molecule has 6 nitrogen and oxygen atoms in total. The molecule has 1 unspecified atom stereocenters. The average molecular weight is 462 g/mol. The summed E-state index contributed by atoms with van der Waals surface area (Å²) in [5.41, 5.74) is 4.66. The standard InChI is InChI=1S/C25H24FN5OS/c26-22-16-27-12-8-21(22)24-29-23-5-2-11-28-25(23)31(24)19-9-13-30(14-10-19)33(32)20-7-6-17-3-1-4-18(17)15-20/h2,5-8,11-12,15-16,19H,1,3-4,9-10,13-14H2. The third-order valence-corrected chi connectivity index (χ3v) is 8.25. The van der Waals surface area contributed by atoms with E-state index in [1.54, 1.807) is 18.5 Å². The topological polar surface area (TPSA) is 63.9 Å². The molecular formula is C25H24FN5OS. The number of hydrogen-bond donors (Lipinski definition) is 0. The van der Waals surface area contributed by atoms with Crippen LogP contribution in [0.15, 0.2) is 59.9 Å². The van der Waals surface area contributed by atoms with Gasteiger partial charge in [-0.25, -0.2) is 22.9 Å². The molecule has 1 saturated heterocycles. The summed E-state index contributed by atoms with van der Waals surface area (Å²) >= 11 is 0. The van der Waals surface area contributed by atoms with E-state index in [-0.39, 0.29) is 6.04 Å². The minimum Gasteiger partial charge on any atom is -0.305 e. The quantitative estimate of drug-likeness (QED) is 0.450. The number of benzene rings is 1. The number of piperidine rings is 1. The molecule has 2 aliphatic rings. The maximum absolute atomic E-state index is 14.6. The highest BCUT2D eigenvalue weighted by Gasteiger charge is 2.29. The summed E-state index contributed by atoms with van der Waals surface area (Å²) < 4.78 is 32.0. The van der Waals surface area contributed by atoms with Gasteiger partial charge in [-0.1, -0.05) is 6.07 Å². The fourth-order valence-corrected chi connectivity index (χ4v) is 6.36. The molecular weight excluding hydrogens is 437 g/mol. The van der Waals surface area contributed by atoms with Gasteiger partial charge in [0.2, 0.25) is 0 Å². The van der Waals surface area contributed by atoms with Gasteiger partial charge in [0.05, 0.1) is 16.7 Å². The number of hydrogen-bond acceptors (Lipinski definition) is 4.